The predicted molar refractivity (Wildman–Crippen MR) is 68.3 cm³/mol. The van der Waals surface area contributed by atoms with Gasteiger partial charge in [0, 0.05) is 15.5 Å². The Morgan fingerprint density at radius 3 is 3.07 bits per heavy atom. The monoisotopic (exact) mass is 282 g/mol. The van der Waals surface area contributed by atoms with E-state index < -0.39 is 0 Å². The van der Waals surface area contributed by atoms with Crippen molar-refractivity contribution in [3.8, 4) is 0 Å². The van der Waals surface area contributed by atoms with Gasteiger partial charge < -0.3 is 5.32 Å². The highest BCUT2D eigenvalue weighted by Crippen LogP contribution is 2.18. The average molecular weight is 283 g/mol. The molecule has 0 bridgehead atoms. The number of nitrogens with zero attached hydrogens (tertiary/aromatic N) is 1. The summed E-state index contributed by atoms with van der Waals surface area (Å²) >= 11 is 5.18. The maximum absolute atomic E-state index is 4.29. The number of hydrogen-bond acceptors (Lipinski definition) is 3. The van der Waals surface area contributed by atoms with Crippen LogP contribution in [0.1, 0.15) is 10.4 Å². The molecule has 0 aromatic carbocycles. The minimum Gasteiger partial charge on any atom is -0.365 e. The van der Waals surface area contributed by atoms with Gasteiger partial charge in [-0.3, -0.25) is 0 Å². The number of nitrogens with one attached hydrogen (secondary N) is 1. The van der Waals surface area contributed by atoms with Crippen LogP contribution in [0.4, 0.5) is 5.82 Å². The van der Waals surface area contributed by atoms with Gasteiger partial charge in [0.2, 0.25) is 0 Å². The minimum atomic E-state index is 0.839. The van der Waals surface area contributed by atoms with Crippen LogP contribution in [0.5, 0.6) is 0 Å². The molecular weight excluding hydrogens is 272 g/mol. The standard InChI is InChI=1S/C11H11BrN2S/c1-8-5-11(14-7-10(8)12)13-6-9-3-2-4-15-9/h2-5,7H,6H2,1H3,(H,13,14). The molecule has 0 atom stereocenters. The second-order valence-electron chi connectivity index (χ2n) is 3.25. The van der Waals surface area contributed by atoms with Crippen LogP contribution >= 0.6 is 27.3 Å². The van der Waals surface area contributed by atoms with Crippen LogP contribution in [0.3, 0.4) is 0 Å². The van der Waals surface area contributed by atoms with Crippen LogP contribution in [-0.4, -0.2) is 4.98 Å². The van der Waals surface area contributed by atoms with Crippen molar-refractivity contribution in [2.75, 3.05) is 5.32 Å². The molecular formula is C11H11BrN2S. The number of hydrogen-bond donors (Lipinski definition) is 1. The molecule has 2 nitrogen and oxygen atoms in total. The first-order chi connectivity index (χ1) is 7.25. The fourth-order valence-electron chi connectivity index (χ4n) is 1.23. The van der Waals surface area contributed by atoms with E-state index in [1.54, 1.807) is 11.3 Å². The van der Waals surface area contributed by atoms with E-state index in [2.05, 4.69) is 50.7 Å². The summed E-state index contributed by atoms with van der Waals surface area (Å²) in [5, 5.41) is 5.37. The number of halogens is 1. The number of aryl methyl sites for hydroxylation is 1. The van der Waals surface area contributed by atoms with Gasteiger partial charge in [0.05, 0.1) is 6.54 Å². The first-order valence-electron chi connectivity index (χ1n) is 4.64. The number of aromatic nitrogens is 1. The molecule has 0 aliphatic heterocycles. The number of thiophene rings is 1. The molecule has 0 radical (unpaired) electrons. The van der Waals surface area contributed by atoms with Gasteiger partial charge in [-0.15, -0.1) is 11.3 Å². The molecule has 0 aliphatic carbocycles. The highest BCUT2D eigenvalue weighted by atomic mass is 79.9. The summed E-state index contributed by atoms with van der Waals surface area (Å²) in [5.74, 6) is 0.920. The van der Waals surface area contributed by atoms with Crippen LogP contribution in [0.2, 0.25) is 0 Å². The van der Waals surface area contributed by atoms with Gasteiger partial charge in [0.25, 0.3) is 0 Å². The van der Waals surface area contributed by atoms with Gasteiger partial charge in [0.15, 0.2) is 0 Å². The van der Waals surface area contributed by atoms with Gasteiger partial charge in [0.1, 0.15) is 5.82 Å². The molecule has 0 saturated heterocycles. The molecule has 0 spiro atoms. The molecule has 4 heteroatoms. The fourth-order valence-corrected chi connectivity index (χ4v) is 2.09. The zero-order valence-electron chi connectivity index (χ0n) is 8.33. The summed E-state index contributed by atoms with van der Waals surface area (Å²) in [6.45, 7) is 2.90. The molecule has 1 N–H and O–H groups in total. The Kier molecular flexibility index (Phi) is 3.38. The van der Waals surface area contributed by atoms with E-state index in [0.717, 1.165) is 16.8 Å². The smallest absolute Gasteiger partial charge is 0.126 e. The lowest BCUT2D eigenvalue weighted by Gasteiger charge is -2.05. The van der Waals surface area contributed by atoms with Crippen molar-refractivity contribution in [1.29, 1.82) is 0 Å². The molecule has 2 aromatic heterocycles. The van der Waals surface area contributed by atoms with Crippen LogP contribution in [-0.2, 0) is 6.54 Å². The third-order valence-corrected chi connectivity index (χ3v) is 3.78. The van der Waals surface area contributed by atoms with E-state index in [0.29, 0.717) is 0 Å². The van der Waals surface area contributed by atoms with Crippen molar-refractivity contribution in [1.82, 2.24) is 4.98 Å². The van der Waals surface area contributed by atoms with Crippen molar-refractivity contribution >= 4 is 33.1 Å². The number of pyridine rings is 1. The van der Waals surface area contributed by atoms with Crippen molar-refractivity contribution in [2.45, 2.75) is 13.5 Å². The van der Waals surface area contributed by atoms with Gasteiger partial charge in [-0.1, -0.05) is 6.07 Å². The lowest BCUT2D eigenvalue weighted by Crippen LogP contribution is -1.99. The van der Waals surface area contributed by atoms with Gasteiger partial charge in [-0.05, 0) is 45.9 Å². The maximum atomic E-state index is 4.29. The van der Waals surface area contributed by atoms with Crippen molar-refractivity contribution in [3.63, 3.8) is 0 Å². The van der Waals surface area contributed by atoms with Gasteiger partial charge in [-0.25, -0.2) is 4.98 Å². The first kappa shape index (κ1) is 10.6. The van der Waals surface area contributed by atoms with E-state index in [9.17, 15) is 0 Å². The normalized spacial score (nSPS) is 10.3. The van der Waals surface area contributed by atoms with Crippen LogP contribution in [0.15, 0.2) is 34.2 Å². The van der Waals surface area contributed by atoms with Crippen molar-refractivity contribution in [2.24, 2.45) is 0 Å². The van der Waals surface area contributed by atoms with Crippen LogP contribution in [0, 0.1) is 6.92 Å². The molecule has 0 saturated carbocycles. The first-order valence-corrected chi connectivity index (χ1v) is 6.31. The molecule has 2 heterocycles. The molecule has 0 fully saturated rings. The van der Waals surface area contributed by atoms with E-state index in [1.807, 2.05) is 12.3 Å². The lowest BCUT2D eigenvalue weighted by atomic mass is 10.3. The second kappa shape index (κ2) is 4.77. The molecule has 2 aromatic rings. The van der Waals surface area contributed by atoms with Gasteiger partial charge >= 0.3 is 0 Å². The van der Waals surface area contributed by atoms with Crippen LogP contribution < -0.4 is 5.32 Å². The van der Waals surface area contributed by atoms with Gasteiger partial charge in [-0.2, -0.15) is 0 Å². The molecule has 15 heavy (non-hydrogen) atoms. The predicted octanol–water partition coefficient (Wildman–Crippen LogP) is 3.83. The zero-order valence-corrected chi connectivity index (χ0v) is 10.7. The summed E-state index contributed by atoms with van der Waals surface area (Å²) in [5.41, 5.74) is 1.19. The highest BCUT2D eigenvalue weighted by molar-refractivity contribution is 9.10. The summed E-state index contributed by atoms with van der Waals surface area (Å²) in [7, 11) is 0. The van der Waals surface area contributed by atoms with Crippen LogP contribution in [0.25, 0.3) is 0 Å². The number of anilines is 1. The molecule has 0 aliphatic rings. The Labute approximate surface area is 101 Å². The molecule has 0 amide bonds. The van der Waals surface area contributed by atoms with E-state index in [4.69, 9.17) is 0 Å². The zero-order chi connectivity index (χ0) is 10.7. The van der Waals surface area contributed by atoms with Crippen molar-refractivity contribution in [3.05, 3.63) is 44.7 Å². The Morgan fingerprint density at radius 1 is 1.53 bits per heavy atom. The average Bonchev–Trinajstić information content (AvgIpc) is 2.73. The van der Waals surface area contributed by atoms with Crippen molar-refractivity contribution < 1.29 is 0 Å². The fraction of sp³-hybridized carbons (Fsp3) is 0.182. The largest absolute Gasteiger partial charge is 0.365 e. The lowest BCUT2D eigenvalue weighted by molar-refractivity contribution is 1.13. The van der Waals surface area contributed by atoms with E-state index in [1.165, 1.54) is 10.4 Å². The summed E-state index contributed by atoms with van der Waals surface area (Å²) in [4.78, 5) is 5.60. The summed E-state index contributed by atoms with van der Waals surface area (Å²) < 4.78 is 1.05. The third-order valence-electron chi connectivity index (χ3n) is 2.07. The Hall–Kier alpha value is -0.870. The Balaban J connectivity index is 2.02. The highest BCUT2D eigenvalue weighted by Gasteiger charge is 1.99. The summed E-state index contributed by atoms with van der Waals surface area (Å²) in [6.07, 6.45) is 1.83. The molecule has 2 rings (SSSR count). The summed E-state index contributed by atoms with van der Waals surface area (Å²) in [6, 6.07) is 6.21. The SMILES string of the molecule is Cc1cc(NCc2cccs2)ncc1Br. The topological polar surface area (TPSA) is 24.9 Å². The Bertz CT molecular complexity index is 440. The molecule has 78 valence electrons. The Morgan fingerprint density at radius 2 is 2.40 bits per heavy atom. The quantitative estimate of drug-likeness (QED) is 0.926. The minimum absolute atomic E-state index is 0.839. The third kappa shape index (κ3) is 2.79. The van der Waals surface area contributed by atoms with E-state index in [-0.39, 0.29) is 0 Å². The number of rotatable bonds is 3. The second-order valence-corrected chi connectivity index (χ2v) is 5.14. The maximum Gasteiger partial charge on any atom is 0.126 e. The van der Waals surface area contributed by atoms with E-state index >= 15 is 0 Å². The molecule has 0 unspecified atom stereocenters.